The monoisotopic (exact) mass is 376 g/mol. The third-order valence-electron chi connectivity index (χ3n) is 4.89. The molecule has 2 atom stereocenters. The molecule has 0 radical (unpaired) electrons. The van der Waals surface area contributed by atoms with Crippen LogP contribution in [0.4, 0.5) is 0 Å². The topological polar surface area (TPSA) is 58.1 Å². The Balaban J connectivity index is 1.95. The van der Waals surface area contributed by atoms with Crippen LogP contribution in [-0.4, -0.2) is 61.9 Å². The van der Waals surface area contributed by atoms with Crippen molar-refractivity contribution in [2.24, 2.45) is 4.99 Å². The first-order valence-corrected chi connectivity index (χ1v) is 9.89. The van der Waals surface area contributed by atoms with Crippen LogP contribution in [0.3, 0.4) is 0 Å². The predicted molar refractivity (Wildman–Crippen MR) is 111 cm³/mol. The zero-order valence-electron chi connectivity index (χ0n) is 17.7. The Morgan fingerprint density at radius 1 is 1.19 bits per heavy atom. The molecular formula is C21H36N4O2. The van der Waals surface area contributed by atoms with Crippen molar-refractivity contribution in [2.45, 2.75) is 58.9 Å². The molecule has 1 saturated heterocycles. The number of ether oxygens (including phenoxy) is 2. The summed E-state index contributed by atoms with van der Waals surface area (Å²) < 4.78 is 11.1. The van der Waals surface area contributed by atoms with Crippen LogP contribution in [0.2, 0.25) is 0 Å². The molecule has 1 aromatic carbocycles. The quantitative estimate of drug-likeness (QED) is 0.566. The maximum Gasteiger partial charge on any atom is 0.191 e. The normalized spacial score (nSPS) is 21.8. The van der Waals surface area contributed by atoms with Crippen LogP contribution in [0, 0.1) is 0 Å². The summed E-state index contributed by atoms with van der Waals surface area (Å²) in [6, 6.07) is 8.03. The number of aliphatic imine (C=N–C) groups is 1. The molecule has 0 aliphatic carbocycles. The Morgan fingerprint density at radius 3 is 2.37 bits per heavy atom. The Bertz CT molecular complexity index is 591. The first kappa shape index (κ1) is 21.5. The van der Waals surface area contributed by atoms with Crippen molar-refractivity contribution in [1.82, 2.24) is 15.5 Å². The maximum absolute atomic E-state index is 5.87. The second-order valence-electron chi connectivity index (χ2n) is 7.87. The summed E-state index contributed by atoms with van der Waals surface area (Å²) in [5.74, 6) is 1.71. The van der Waals surface area contributed by atoms with E-state index >= 15 is 0 Å². The molecule has 152 valence electrons. The second-order valence-corrected chi connectivity index (χ2v) is 7.87. The number of rotatable bonds is 7. The van der Waals surface area contributed by atoms with Gasteiger partial charge < -0.3 is 20.1 Å². The van der Waals surface area contributed by atoms with Gasteiger partial charge in [-0.2, -0.15) is 0 Å². The molecule has 0 aromatic heterocycles. The van der Waals surface area contributed by atoms with Crippen molar-refractivity contribution in [1.29, 1.82) is 0 Å². The van der Waals surface area contributed by atoms with Crippen LogP contribution in [0.15, 0.2) is 29.3 Å². The van der Waals surface area contributed by atoms with Gasteiger partial charge in [0.15, 0.2) is 5.96 Å². The SMILES string of the molecule is CCNC(=NCc1ccc(OC)cc1)NCC(C)(C)N1CC(C)OC(C)C1. The molecule has 1 heterocycles. The van der Waals surface area contributed by atoms with E-state index in [1.54, 1.807) is 7.11 Å². The molecule has 0 bridgehead atoms. The van der Waals surface area contributed by atoms with Gasteiger partial charge in [0.1, 0.15) is 5.75 Å². The van der Waals surface area contributed by atoms with Crippen LogP contribution < -0.4 is 15.4 Å². The van der Waals surface area contributed by atoms with Gasteiger partial charge in [-0.25, -0.2) is 4.99 Å². The number of nitrogens with one attached hydrogen (secondary N) is 2. The summed E-state index contributed by atoms with van der Waals surface area (Å²) in [5, 5.41) is 6.85. The van der Waals surface area contributed by atoms with Crippen molar-refractivity contribution in [3.63, 3.8) is 0 Å². The van der Waals surface area contributed by atoms with Crippen LogP contribution in [0.1, 0.15) is 40.2 Å². The fraction of sp³-hybridized carbons (Fsp3) is 0.667. The summed E-state index contributed by atoms with van der Waals surface area (Å²) in [5.41, 5.74) is 1.17. The lowest BCUT2D eigenvalue weighted by atomic mass is 10.00. The molecule has 0 spiro atoms. The first-order valence-electron chi connectivity index (χ1n) is 9.89. The third-order valence-corrected chi connectivity index (χ3v) is 4.89. The van der Waals surface area contributed by atoms with Crippen molar-refractivity contribution >= 4 is 5.96 Å². The first-order chi connectivity index (χ1) is 12.8. The van der Waals surface area contributed by atoms with Gasteiger partial charge in [0.2, 0.25) is 0 Å². The van der Waals surface area contributed by atoms with Crippen LogP contribution in [0.5, 0.6) is 5.75 Å². The minimum absolute atomic E-state index is 0.0165. The van der Waals surface area contributed by atoms with E-state index in [1.807, 2.05) is 24.3 Å². The zero-order chi connectivity index (χ0) is 19.9. The fourth-order valence-corrected chi connectivity index (χ4v) is 3.33. The summed E-state index contributed by atoms with van der Waals surface area (Å²) >= 11 is 0. The molecule has 2 rings (SSSR count). The minimum atomic E-state index is 0.0165. The molecule has 6 heteroatoms. The van der Waals surface area contributed by atoms with Gasteiger partial charge >= 0.3 is 0 Å². The van der Waals surface area contributed by atoms with Gasteiger partial charge in [0, 0.05) is 31.7 Å². The number of hydrogen-bond acceptors (Lipinski definition) is 4. The number of benzene rings is 1. The van der Waals surface area contributed by atoms with E-state index in [0.717, 1.165) is 43.5 Å². The predicted octanol–water partition coefficient (Wildman–Crippen LogP) is 2.64. The number of methoxy groups -OCH3 is 1. The van der Waals surface area contributed by atoms with Crippen LogP contribution in [0.25, 0.3) is 0 Å². The molecule has 1 fully saturated rings. The number of morpholine rings is 1. The van der Waals surface area contributed by atoms with E-state index in [1.165, 1.54) is 0 Å². The highest BCUT2D eigenvalue weighted by atomic mass is 16.5. The molecule has 0 saturated carbocycles. The van der Waals surface area contributed by atoms with Gasteiger partial charge in [-0.05, 0) is 52.3 Å². The average Bonchev–Trinajstić information content (AvgIpc) is 2.63. The summed E-state index contributed by atoms with van der Waals surface area (Å²) in [7, 11) is 1.68. The average molecular weight is 377 g/mol. The maximum atomic E-state index is 5.87. The Morgan fingerprint density at radius 2 is 1.81 bits per heavy atom. The minimum Gasteiger partial charge on any atom is -0.497 e. The zero-order valence-corrected chi connectivity index (χ0v) is 17.7. The highest BCUT2D eigenvalue weighted by Gasteiger charge is 2.33. The van der Waals surface area contributed by atoms with Gasteiger partial charge in [0.05, 0.1) is 25.9 Å². The van der Waals surface area contributed by atoms with E-state index in [-0.39, 0.29) is 17.7 Å². The number of hydrogen-bond donors (Lipinski definition) is 2. The molecule has 27 heavy (non-hydrogen) atoms. The smallest absolute Gasteiger partial charge is 0.191 e. The second kappa shape index (κ2) is 9.95. The molecule has 0 amide bonds. The van der Waals surface area contributed by atoms with Crippen molar-refractivity contribution in [3.05, 3.63) is 29.8 Å². The molecular weight excluding hydrogens is 340 g/mol. The van der Waals surface area contributed by atoms with E-state index in [4.69, 9.17) is 14.5 Å². The van der Waals surface area contributed by atoms with E-state index in [0.29, 0.717) is 6.54 Å². The molecule has 1 aliphatic rings. The standard InChI is InChI=1S/C21H36N4O2/c1-7-22-20(23-12-18-8-10-19(26-6)11-9-18)24-15-21(4,5)25-13-16(2)27-17(3)14-25/h8-11,16-17H,7,12-15H2,1-6H3,(H2,22,23,24). The van der Waals surface area contributed by atoms with Gasteiger partial charge in [-0.15, -0.1) is 0 Å². The summed E-state index contributed by atoms with van der Waals surface area (Å²) in [4.78, 5) is 7.23. The Hall–Kier alpha value is -1.79. The van der Waals surface area contributed by atoms with Gasteiger partial charge in [0.25, 0.3) is 0 Å². The lowest BCUT2D eigenvalue weighted by Gasteiger charge is -2.45. The fourth-order valence-electron chi connectivity index (χ4n) is 3.33. The molecule has 2 N–H and O–H groups in total. The van der Waals surface area contributed by atoms with E-state index in [2.05, 4.69) is 50.2 Å². The number of nitrogens with zero attached hydrogens (tertiary/aromatic N) is 2. The number of guanidine groups is 1. The Kier molecular flexibility index (Phi) is 7.92. The van der Waals surface area contributed by atoms with Crippen molar-refractivity contribution < 1.29 is 9.47 Å². The lowest BCUT2D eigenvalue weighted by Crippen LogP contribution is -2.59. The summed E-state index contributed by atoms with van der Waals surface area (Å²) in [6.45, 7) is 15.1. The van der Waals surface area contributed by atoms with Crippen LogP contribution >= 0.6 is 0 Å². The molecule has 1 aromatic rings. The molecule has 6 nitrogen and oxygen atoms in total. The van der Waals surface area contributed by atoms with Crippen LogP contribution in [-0.2, 0) is 11.3 Å². The highest BCUT2D eigenvalue weighted by Crippen LogP contribution is 2.20. The lowest BCUT2D eigenvalue weighted by molar-refractivity contribution is -0.0946. The molecule has 1 aliphatic heterocycles. The third kappa shape index (κ3) is 6.70. The molecule has 2 unspecified atom stereocenters. The van der Waals surface area contributed by atoms with Crippen molar-refractivity contribution in [3.8, 4) is 5.75 Å². The largest absolute Gasteiger partial charge is 0.497 e. The van der Waals surface area contributed by atoms with E-state index in [9.17, 15) is 0 Å². The highest BCUT2D eigenvalue weighted by molar-refractivity contribution is 5.79. The van der Waals surface area contributed by atoms with Gasteiger partial charge in [-0.1, -0.05) is 12.1 Å². The van der Waals surface area contributed by atoms with Gasteiger partial charge in [-0.3, -0.25) is 4.90 Å². The Labute approximate surface area is 164 Å². The van der Waals surface area contributed by atoms with Crippen molar-refractivity contribution in [2.75, 3.05) is 33.3 Å². The summed E-state index contributed by atoms with van der Waals surface area (Å²) in [6.07, 6.45) is 0.537. The van der Waals surface area contributed by atoms with E-state index < -0.39 is 0 Å².